The molecule has 6 nitrogen and oxygen atoms in total. The van der Waals surface area contributed by atoms with E-state index in [-0.39, 0.29) is 12.5 Å². The SMILES string of the molecule is CCc1noc(C)c1C(=O)N1CCCC(O)(COc2cc(C)ccc2Cl)CC1. The molecule has 2 aromatic rings. The molecule has 1 saturated heterocycles. The zero-order valence-corrected chi connectivity index (χ0v) is 17.4. The van der Waals surface area contributed by atoms with E-state index in [1.165, 1.54) is 0 Å². The third-order valence-electron chi connectivity index (χ3n) is 5.27. The number of nitrogens with zero attached hydrogens (tertiary/aromatic N) is 2. The number of ether oxygens (including phenoxy) is 1. The van der Waals surface area contributed by atoms with Crippen molar-refractivity contribution in [2.45, 2.75) is 52.1 Å². The lowest BCUT2D eigenvalue weighted by Gasteiger charge is -2.27. The highest BCUT2D eigenvalue weighted by Crippen LogP contribution is 2.29. The number of aryl methyl sites for hydroxylation is 3. The molecule has 0 spiro atoms. The number of carbonyl (C=O) groups is 1. The minimum Gasteiger partial charge on any atom is -0.489 e. The standard InChI is InChI=1S/C21H27ClN2O4/c1-4-17-19(15(3)28-23-17)20(25)24-10-5-8-21(26,9-11-24)13-27-18-12-14(2)6-7-16(18)22/h6-7,12,26H,4-5,8-11,13H2,1-3H3. The fourth-order valence-electron chi connectivity index (χ4n) is 3.55. The summed E-state index contributed by atoms with van der Waals surface area (Å²) in [6.45, 7) is 6.85. The first-order chi connectivity index (χ1) is 13.3. The molecule has 0 aliphatic carbocycles. The number of likely N-dealkylation sites (tertiary alicyclic amines) is 1. The van der Waals surface area contributed by atoms with Crippen LogP contribution in [0, 0.1) is 13.8 Å². The Labute approximate surface area is 170 Å². The van der Waals surface area contributed by atoms with Gasteiger partial charge in [0, 0.05) is 13.1 Å². The maximum absolute atomic E-state index is 13.0. The number of benzene rings is 1. The third-order valence-corrected chi connectivity index (χ3v) is 5.58. The second-order valence-corrected chi connectivity index (χ2v) is 7.91. The van der Waals surface area contributed by atoms with Crippen molar-refractivity contribution in [3.05, 3.63) is 45.8 Å². The first-order valence-corrected chi connectivity index (χ1v) is 10.1. The van der Waals surface area contributed by atoms with Crippen LogP contribution in [0.1, 0.15) is 53.6 Å². The summed E-state index contributed by atoms with van der Waals surface area (Å²) < 4.78 is 11.0. The number of rotatable bonds is 5. The van der Waals surface area contributed by atoms with Crippen molar-refractivity contribution in [3.63, 3.8) is 0 Å². The molecule has 1 N–H and O–H groups in total. The fourth-order valence-corrected chi connectivity index (χ4v) is 3.72. The van der Waals surface area contributed by atoms with E-state index >= 15 is 0 Å². The molecule has 0 radical (unpaired) electrons. The average Bonchev–Trinajstić information content (AvgIpc) is 2.93. The van der Waals surface area contributed by atoms with Gasteiger partial charge < -0.3 is 19.3 Å². The van der Waals surface area contributed by atoms with Gasteiger partial charge in [-0.1, -0.05) is 29.7 Å². The summed E-state index contributed by atoms with van der Waals surface area (Å²) in [5.41, 5.74) is 1.27. The minimum atomic E-state index is -1.00. The third kappa shape index (κ3) is 4.50. The van der Waals surface area contributed by atoms with E-state index in [0.717, 1.165) is 5.56 Å². The maximum atomic E-state index is 13.0. The van der Waals surface area contributed by atoms with E-state index < -0.39 is 5.60 Å². The van der Waals surface area contributed by atoms with Gasteiger partial charge in [0.2, 0.25) is 0 Å². The Morgan fingerprint density at radius 2 is 2.14 bits per heavy atom. The van der Waals surface area contributed by atoms with Crippen LogP contribution in [-0.2, 0) is 6.42 Å². The van der Waals surface area contributed by atoms with Crippen LogP contribution < -0.4 is 4.74 Å². The molecular formula is C21H27ClN2O4. The van der Waals surface area contributed by atoms with Crippen molar-refractivity contribution in [2.75, 3.05) is 19.7 Å². The summed E-state index contributed by atoms with van der Waals surface area (Å²) in [7, 11) is 0. The number of hydrogen-bond acceptors (Lipinski definition) is 5. The van der Waals surface area contributed by atoms with Crippen molar-refractivity contribution in [2.24, 2.45) is 0 Å². The van der Waals surface area contributed by atoms with Crippen LogP contribution in [-0.4, -0.2) is 46.4 Å². The number of carbonyl (C=O) groups excluding carboxylic acids is 1. The van der Waals surface area contributed by atoms with E-state index in [9.17, 15) is 9.90 Å². The second-order valence-electron chi connectivity index (χ2n) is 7.51. The highest BCUT2D eigenvalue weighted by Gasteiger charge is 2.34. The molecule has 28 heavy (non-hydrogen) atoms. The smallest absolute Gasteiger partial charge is 0.259 e. The van der Waals surface area contributed by atoms with Gasteiger partial charge in [-0.15, -0.1) is 0 Å². The highest BCUT2D eigenvalue weighted by atomic mass is 35.5. The summed E-state index contributed by atoms with van der Waals surface area (Å²) in [6, 6.07) is 5.56. The lowest BCUT2D eigenvalue weighted by atomic mass is 9.96. The van der Waals surface area contributed by atoms with Gasteiger partial charge in [-0.05, 0) is 57.2 Å². The molecule has 3 rings (SSSR count). The van der Waals surface area contributed by atoms with Crippen molar-refractivity contribution >= 4 is 17.5 Å². The van der Waals surface area contributed by atoms with Crippen molar-refractivity contribution in [1.82, 2.24) is 10.1 Å². The fraction of sp³-hybridized carbons (Fsp3) is 0.524. The second kappa shape index (κ2) is 8.53. The molecule has 152 valence electrons. The summed E-state index contributed by atoms with van der Waals surface area (Å²) in [5, 5.41) is 15.5. The van der Waals surface area contributed by atoms with Crippen LogP contribution in [0.2, 0.25) is 5.02 Å². The lowest BCUT2D eigenvalue weighted by molar-refractivity contribution is -0.0163. The highest BCUT2D eigenvalue weighted by molar-refractivity contribution is 6.32. The molecule has 1 unspecified atom stereocenters. The Hall–Kier alpha value is -2.05. The predicted octanol–water partition coefficient (Wildman–Crippen LogP) is 3.94. The Morgan fingerprint density at radius 3 is 2.89 bits per heavy atom. The molecule has 1 aromatic carbocycles. The van der Waals surface area contributed by atoms with Gasteiger partial charge in [0.15, 0.2) is 0 Å². The number of aromatic nitrogens is 1. The zero-order valence-electron chi connectivity index (χ0n) is 16.6. The Balaban J connectivity index is 1.66. The van der Waals surface area contributed by atoms with E-state index in [4.69, 9.17) is 20.9 Å². The first kappa shape index (κ1) is 20.7. The van der Waals surface area contributed by atoms with E-state index in [0.29, 0.717) is 66.6 Å². The Morgan fingerprint density at radius 1 is 1.36 bits per heavy atom. The maximum Gasteiger partial charge on any atom is 0.259 e. The van der Waals surface area contributed by atoms with Crippen LogP contribution in [0.3, 0.4) is 0 Å². The molecule has 0 bridgehead atoms. The van der Waals surface area contributed by atoms with Crippen molar-refractivity contribution in [1.29, 1.82) is 0 Å². The van der Waals surface area contributed by atoms with Crippen molar-refractivity contribution in [3.8, 4) is 5.75 Å². The van der Waals surface area contributed by atoms with Crippen LogP contribution >= 0.6 is 11.6 Å². The first-order valence-electron chi connectivity index (χ1n) is 9.69. The van der Waals surface area contributed by atoms with E-state index in [1.54, 1.807) is 17.9 Å². The van der Waals surface area contributed by atoms with E-state index in [2.05, 4.69) is 5.16 Å². The van der Waals surface area contributed by atoms with Gasteiger partial charge in [-0.2, -0.15) is 0 Å². The molecule has 1 fully saturated rings. The summed E-state index contributed by atoms with van der Waals surface area (Å²) >= 11 is 6.18. The summed E-state index contributed by atoms with van der Waals surface area (Å²) in [4.78, 5) is 14.8. The molecular weight excluding hydrogens is 380 g/mol. The van der Waals surface area contributed by atoms with Crippen LogP contribution in [0.4, 0.5) is 0 Å². The Bertz CT molecular complexity index is 851. The Kier molecular flexibility index (Phi) is 6.30. The topological polar surface area (TPSA) is 75.8 Å². The molecule has 1 amide bonds. The average molecular weight is 407 g/mol. The summed E-state index contributed by atoms with van der Waals surface area (Å²) in [5.74, 6) is 1.03. The quantitative estimate of drug-likeness (QED) is 0.813. The minimum absolute atomic E-state index is 0.0810. The van der Waals surface area contributed by atoms with Crippen LogP contribution in [0.15, 0.2) is 22.7 Å². The van der Waals surface area contributed by atoms with Gasteiger partial charge in [-0.3, -0.25) is 4.79 Å². The molecule has 1 aliphatic heterocycles. The number of hydrogen-bond donors (Lipinski definition) is 1. The predicted molar refractivity (Wildman–Crippen MR) is 107 cm³/mol. The van der Waals surface area contributed by atoms with Gasteiger partial charge in [-0.25, -0.2) is 0 Å². The summed E-state index contributed by atoms with van der Waals surface area (Å²) in [6.07, 6.45) is 2.33. The molecule has 2 heterocycles. The van der Waals surface area contributed by atoms with Crippen LogP contribution in [0.25, 0.3) is 0 Å². The van der Waals surface area contributed by atoms with Gasteiger partial charge >= 0.3 is 0 Å². The molecule has 1 aliphatic rings. The van der Waals surface area contributed by atoms with Gasteiger partial charge in [0.1, 0.15) is 29.3 Å². The van der Waals surface area contributed by atoms with E-state index in [1.807, 2.05) is 26.0 Å². The van der Waals surface area contributed by atoms with Crippen molar-refractivity contribution < 1.29 is 19.2 Å². The molecule has 0 saturated carbocycles. The lowest BCUT2D eigenvalue weighted by Crippen LogP contribution is -2.38. The molecule has 7 heteroatoms. The van der Waals surface area contributed by atoms with Gasteiger partial charge in [0.05, 0.1) is 10.7 Å². The molecule has 1 aromatic heterocycles. The normalized spacial score (nSPS) is 20.1. The zero-order chi connectivity index (χ0) is 20.3. The van der Waals surface area contributed by atoms with Crippen LogP contribution in [0.5, 0.6) is 5.75 Å². The number of amides is 1. The van der Waals surface area contributed by atoms with Gasteiger partial charge in [0.25, 0.3) is 5.91 Å². The number of halogens is 1. The largest absolute Gasteiger partial charge is 0.489 e. The molecule has 1 atom stereocenters. The monoisotopic (exact) mass is 406 g/mol. The number of aliphatic hydroxyl groups is 1.